The molecular formula is C17H21N5. The second-order valence-corrected chi connectivity index (χ2v) is 4.87. The van der Waals surface area contributed by atoms with Crippen LogP contribution in [-0.4, -0.2) is 23.6 Å². The summed E-state index contributed by atoms with van der Waals surface area (Å²) in [7, 11) is 1.80. The lowest BCUT2D eigenvalue weighted by Gasteiger charge is -2.18. The van der Waals surface area contributed by atoms with Crippen LogP contribution in [0.15, 0.2) is 65.5 Å². The molecule has 0 aromatic heterocycles. The Morgan fingerprint density at radius 2 is 2.09 bits per heavy atom. The van der Waals surface area contributed by atoms with Crippen LogP contribution in [0.3, 0.4) is 0 Å². The normalized spacial score (nSPS) is 17.8. The van der Waals surface area contributed by atoms with Crippen molar-refractivity contribution in [1.29, 1.82) is 5.41 Å². The average molecular weight is 295 g/mol. The number of benzene rings is 1. The number of rotatable bonds is 4. The van der Waals surface area contributed by atoms with Gasteiger partial charge in [0, 0.05) is 25.5 Å². The third-order valence-electron chi connectivity index (χ3n) is 3.26. The van der Waals surface area contributed by atoms with Crippen molar-refractivity contribution in [2.45, 2.75) is 13.5 Å². The monoisotopic (exact) mass is 295 g/mol. The molecule has 0 atom stereocenters. The molecule has 0 amide bonds. The summed E-state index contributed by atoms with van der Waals surface area (Å²) in [6.07, 6.45) is 10.1. The van der Waals surface area contributed by atoms with Gasteiger partial charge < -0.3 is 16.0 Å². The van der Waals surface area contributed by atoms with Crippen molar-refractivity contribution in [1.82, 2.24) is 4.90 Å². The van der Waals surface area contributed by atoms with Crippen molar-refractivity contribution in [2.75, 3.05) is 12.4 Å². The quantitative estimate of drug-likeness (QED) is 0.590. The molecule has 1 heterocycles. The van der Waals surface area contributed by atoms with Crippen molar-refractivity contribution >= 4 is 17.4 Å². The van der Waals surface area contributed by atoms with Crippen LogP contribution < -0.4 is 11.1 Å². The van der Waals surface area contributed by atoms with E-state index in [-0.39, 0.29) is 5.96 Å². The van der Waals surface area contributed by atoms with Crippen LogP contribution >= 0.6 is 0 Å². The van der Waals surface area contributed by atoms with Crippen LogP contribution in [-0.2, 0) is 6.54 Å². The molecule has 1 aromatic carbocycles. The number of hydrogen-bond donors (Lipinski definition) is 3. The van der Waals surface area contributed by atoms with E-state index in [9.17, 15) is 0 Å². The zero-order chi connectivity index (χ0) is 15.9. The Morgan fingerprint density at radius 1 is 1.36 bits per heavy atom. The van der Waals surface area contributed by atoms with Gasteiger partial charge in [-0.25, -0.2) is 0 Å². The minimum atomic E-state index is -0.0596. The number of guanidine groups is 1. The maximum atomic E-state index is 7.22. The summed E-state index contributed by atoms with van der Waals surface area (Å²) < 4.78 is 0. The molecule has 0 bridgehead atoms. The van der Waals surface area contributed by atoms with E-state index in [2.05, 4.69) is 21.3 Å². The number of nitrogens with two attached hydrogens (primary N) is 1. The van der Waals surface area contributed by atoms with Crippen LogP contribution in [0, 0.1) is 5.41 Å². The Hall–Kier alpha value is -2.82. The summed E-state index contributed by atoms with van der Waals surface area (Å²) in [4.78, 5) is 6.46. The molecule has 5 heteroatoms. The molecule has 1 aliphatic rings. The van der Waals surface area contributed by atoms with E-state index in [0.29, 0.717) is 0 Å². The molecule has 22 heavy (non-hydrogen) atoms. The average Bonchev–Trinajstić information content (AvgIpc) is 2.88. The zero-order valence-corrected chi connectivity index (χ0v) is 12.9. The number of nitrogens with one attached hydrogen (secondary N) is 2. The summed E-state index contributed by atoms with van der Waals surface area (Å²) >= 11 is 0. The maximum Gasteiger partial charge on any atom is 0.190 e. The molecule has 0 radical (unpaired) electrons. The Morgan fingerprint density at radius 3 is 2.68 bits per heavy atom. The van der Waals surface area contributed by atoms with Crippen LogP contribution in [0.2, 0.25) is 0 Å². The standard InChI is InChI=1S/C17H21N5/c1-3-4-5-16-15(20-2)10-11-22(16)12-13-6-8-14(9-7-13)21-17(18)19/h3-11H,12H2,1-2H3,(H4,18,19,21)/b4-3-,16-5+,20-15+. The highest BCUT2D eigenvalue weighted by Gasteiger charge is 2.17. The second-order valence-electron chi connectivity index (χ2n) is 4.87. The largest absolute Gasteiger partial charge is 0.370 e. The summed E-state index contributed by atoms with van der Waals surface area (Å²) in [6.45, 7) is 2.76. The molecule has 2 rings (SSSR count). The molecule has 114 valence electrons. The van der Waals surface area contributed by atoms with Gasteiger partial charge in [0.2, 0.25) is 0 Å². The topological polar surface area (TPSA) is 77.5 Å². The van der Waals surface area contributed by atoms with Gasteiger partial charge in [-0.1, -0.05) is 24.3 Å². The fraction of sp³-hybridized carbons (Fsp3) is 0.176. The minimum Gasteiger partial charge on any atom is -0.370 e. The van der Waals surface area contributed by atoms with Gasteiger partial charge >= 0.3 is 0 Å². The molecule has 0 unspecified atom stereocenters. The van der Waals surface area contributed by atoms with E-state index in [4.69, 9.17) is 11.1 Å². The first-order chi connectivity index (χ1) is 10.6. The Balaban J connectivity index is 2.12. The van der Waals surface area contributed by atoms with Crippen LogP contribution in [0.1, 0.15) is 12.5 Å². The number of aliphatic imine (C=N–C) groups is 1. The lowest BCUT2D eigenvalue weighted by atomic mass is 10.2. The van der Waals surface area contributed by atoms with Gasteiger partial charge in [0.1, 0.15) is 0 Å². The van der Waals surface area contributed by atoms with E-state index in [1.165, 1.54) is 5.56 Å². The highest BCUT2D eigenvalue weighted by Crippen LogP contribution is 2.21. The molecule has 4 N–H and O–H groups in total. The van der Waals surface area contributed by atoms with Gasteiger partial charge in [0.15, 0.2) is 5.96 Å². The highest BCUT2D eigenvalue weighted by molar-refractivity contribution is 6.10. The zero-order valence-electron chi connectivity index (χ0n) is 12.9. The lowest BCUT2D eigenvalue weighted by Crippen LogP contribution is -2.20. The Bertz CT molecular complexity index is 650. The van der Waals surface area contributed by atoms with Crippen molar-refractivity contribution in [3.63, 3.8) is 0 Å². The first-order valence-electron chi connectivity index (χ1n) is 7.09. The first-order valence-corrected chi connectivity index (χ1v) is 7.09. The fourth-order valence-corrected chi connectivity index (χ4v) is 2.21. The van der Waals surface area contributed by atoms with Gasteiger partial charge in [0.05, 0.1) is 11.4 Å². The lowest BCUT2D eigenvalue weighted by molar-refractivity contribution is 0.491. The van der Waals surface area contributed by atoms with E-state index < -0.39 is 0 Å². The van der Waals surface area contributed by atoms with Crippen molar-refractivity contribution in [2.24, 2.45) is 10.7 Å². The Kier molecular flexibility index (Phi) is 5.14. The maximum absolute atomic E-state index is 7.22. The third kappa shape index (κ3) is 3.85. The summed E-state index contributed by atoms with van der Waals surface area (Å²) in [6, 6.07) is 7.88. The van der Waals surface area contributed by atoms with Crippen molar-refractivity contribution < 1.29 is 0 Å². The van der Waals surface area contributed by atoms with Gasteiger partial charge in [-0.3, -0.25) is 10.4 Å². The molecule has 0 saturated carbocycles. The molecule has 0 saturated heterocycles. The molecule has 1 aliphatic heterocycles. The highest BCUT2D eigenvalue weighted by atomic mass is 15.1. The van der Waals surface area contributed by atoms with E-state index in [0.717, 1.165) is 23.6 Å². The first kappa shape index (κ1) is 15.6. The molecular weight excluding hydrogens is 274 g/mol. The third-order valence-corrected chi connectivity index (χ3v) is 3.26. The predicted molar refractivity (Wildman–Crippen MR) is 92.9 cm³/mol. The van der Waals surface area contributed by atoms with Crippen molar-refractivity contribution in [3.05, 3.63) is 66.0 Å². The van der Waals surface area contributed by atoms with Gasteiger partial charge in [0.25, 0.3) is 0 Å². The van der Waals surface area contributed by atoms with Crippen LogP contribution in [0.5, 0.6) is 0 Å². The van der Waals surface area contributed by atoms with E-state index in [1.54, 1.807) is 7.05 Å². The summed E-state index contributed by atoms with van der Waals surface area (Å²) in [5.74, 6) is -0.0596. The number of nitrogens with zero attached hydrogens (tertiary/aromatic N) is 2. The summed E-state index contributed by atoms with van der Waals surface area (Å²) in [5.41, 5.74) is 9.37. The Labute approximate surface area is 131 Å². The number of anilines is 1. The van der Waals surface area contributed by atoms with Crippen molar-refractivity contribution in [3.8, 4) is 0 Å². The molecule has 1 aromatic rings. The fourth-order valence-electron chi connectivity index (χ4n) is 2.21. The number of allylic oxidation sites excluding steroid dienone is 4. The van der Waals surface area contributed by atoms with E-state index >= 15 is 0 Å². The van der Waals surface area contributed by atoms with Crippen LogP contribution in [0.25, 0.3) is 0 Å². The molecule has 0 aliphatic carbocycles. The smallest absolute Gasteiger partial charge is 0.190 e. The van der Waals surface area contributed by atoms with Gasteiger partial charge in [-0.15, -0.1) is 0 Å². The molecule has 0 fully saturated rings. The summed E-state index contributed by atoms with van der Waals surface area (Å²) in [5, 5.41) is 10.00. The number of hydrogen-bond acceptors (Lipinski definition) is 3. The van der Waals surface area contributed by atoms with Gasteiger partial charge in [-0.05, 0) is 36.8 Å². The van der Waals surface area contributed by atoms with Crippen LogP contribution in [0.4, 0.5) is 5.69 Å². The van der Waals surface area contributed by atoms with E-state index in [1.807, 2.05) is 55.6 Å². The minimum absolute atomic E-state index is 0.0596. The second kappa shape index (κ2) is 7.26. The predicted octanol–water partition coefficient (Wildman–Crippen LogP) is 2.85. The SMILES string of the molecule is C\C=C/C=C1\C(=N\C)C=CN1Cc1ccc(NC(=N)N)cc1. The molecule has 0 spiro atoms. The molecule has 5 nitrogen and oxygen atoms in total. The van der Waals surface area contributed by atoms with Gasteiger partial charge in [-0.2, -0.15) is 0 Å².